The van der Waals surface area contributed by atoms with Gasteiger partial charge >= 0.3 is 18.0 Å². The van der Waals surface area contributed by atoms with Crippen LogP contribution in [-0.4, -0.2) is 33.1 Å². The first-order valence-electron chi connectivity index (χ1n) is 17.7. The van der Waals surface area contributed by atoms with Gasteiger partial charge in [-0.15, -0.1) is 0 Å². The Hall–Kier alpha value is -2.18. The van der Waals surface area contributed by atoms with E-state index in [-0.39, 0.29) is 6.42 Å². The van der Waals surface area contributed by atoms with Crippen molar-refractivity contribution < 1.29 is 24.7 Å². The fourth-order valence-corrected chi connectivity index (χ4v) is 4.90. The van der Waals surface area contributed by atoms with Crippen LogP contribution in [0.5, 0.6) is 0 Å². The average Bonchev–Trinajstić information content (AvgIpc) is 2.97. The first-order chi connectivity index (χ1) is 20.9. The first kappa shape index (κ1) is 43.0. The van der Waals surface area contributed by atoms with Gasteiger partial charge in [0, 0.05) is 17.8 Å². The molecule has 0 fully saturated rings. The van der Waals surface area contributed by atoms with E-state index in [1.807, 2.05) is 0 Å². The van der Waals surface area contributed by atoms with Crippen LogP contribution in [0.15, 0.2) is 24.3 Å². The van der Waals surface area contributed by atoms with E-state index in [0.29, 0.717) is 12.8 Å². The van der Waals surface area contributed by atoms with Gasteiger partial charge in [0.25, 0.3) is 0 Å². The maximum Gasteiger partial charge on any atom is 0.379 e. The lowest BCUT2D eigenvalue weighted by Crippen LogP contribution is -2.28. The Labute approximate surface area is 264 Å². The number of carboxylic acid groups (broad SMARTS) is 2. The summed E-state index contributed by atoms with van der Waals surface area (Å²) in [6, 6.07) is -1.44. The molecule has 0 aromatic rings. The predicted octanol–water partition coefficient (Wildman–Crippen LogP) is 11.5. The molecule has 0 bridgehead atoms. The van der Waals surface area contributed by atoms with Crippen molar-refractivity contribution in [3.8, 4) is 0 Å². The lowest BCUT2D eigenvalue weighted by atomic mass is 10.1. The van der Waals surface area contributed by atoms with Gasteiger partial charge in [-0.05, 0) is 64.2 Å². The Morgan fingerprint density at radius 1 is 0.558 bits per heavy atom. The minimum absolute atomic E-state index is 0.135. The normalized spacial score (nSPS) is 12.0. The van der Waals surface area contributed by atoms with Crippen LogP contribution in [-0.2, 0) is 9.59 Å². The smallest absolute Gasteiger partial charge is 0.379 e. The Kier molecular flexibility index (Phi) is 36.0. The predicted molar refractivity (Wildman–Crippen MR) is 180 cm³/mol. The number of hydrogen-bond donors (Lipinski definition) is 2. The summed E-state index contributed by atoms with van der Waals surface area (Å²) in [7, 11) is 0. The number of carbonyl (C=O) groups is 2. The molecule has 0 spiro atoms. The molecule has 0 radical (unpaired) electrons. The van der Waals surface area contributed by atoms with Crippen molar-refractivity contribution >= 4 is 11.9 Å². The molecule has 0 saturated heterocycles. The van der Waals surface area contributed by atoms with E-state index in [1.165, 1.54) is 109 Å². The van der Waals surface area contributed by atoms with Crippen molar-refractivity contribution in [2.24, 2.45) is 0 Å². The maximum atomic E-state index is 10.7. The second-order valence-corrected chi connectivity index (χ2v) is 11.9. The molecule has 1 unspecified atom stereocenters. The van der Waals surface area contributed by atoms with E-state index >= 15 is 0 Å². The molecule has 0 amide bonds. The maximum absolute atomic E-state index is 10.7. The number of carboxylic acids is 2. The minimum Gasteiger partial charge on any atom is -0.481 e. The molecule has 0 aliphatic rings. The van der Waals surface area contributed by atoms with Crippen LogP contribution in [0.4, 0.5) is 0 Å². The van der Waals surface area contributed by atoms with Crippen molar-refractivity contribution in [3.63, 3.8) is 0 Å². The van der Waals surface area contributed by atoms with Crippen LogP contribution in [0, 0.1) is 10.1 Å². The van der Waals surface area contributed by atoms with Gasteiger partial charge in [-0.25, -0.2) is 4.79 Å². The molecule has 0 aliphatic heterocycles. The Morgan fingerprint density at radius 3 is 1.21 bits per heavy atom. The molecule has 7 heteroatoms. The summed E-state index contributed by atoms with van der Waals surface area (Å²) < 4.78 is 0. The number of hydrogen-bond acceptors (Lipinski definition) is 4. The molecule has 0 heterocycles. The average molecular weight is 610 g/mol. The van der Waals surface area contributed by atoms with Gasteiger partial charge in [-0.2, -0.15) is 0 Å². The summed E-state index contributed by atoms with van der Waals surface area (Å²) in [6.07, 6.45) is 39.6. The third-order valence-corrected chi connectivity index (χ3v) is 7.68. The second-order valence-electron chi connectivity index (χ2n) is 11.9. The number of unbranched alkanes of at least 4 members (excludes halogenated alkanes) is 21. The summed E-state index contributed by atoms with van der Waals surface area (Å²) in [5.74, 6) is -1.99. The van der Waals surface area contributed by atoms with E-state index in [4.69, 9.17) is 10.2 Å². The SMILES string of the molecule is CCCCCCCC/C=C\CCCCCCC(C(=O)O)[N+](=O)[O-].CCCCCCCCC=CCCCCCCCC(=O)O. The zero-order chi connectivity index (χ0) is 32.2. The van der Waals surface area contributed by atoms with Crippen LogP contribution in [0.25, 0.3) is 0 Å². The summed E-state index contributed by atoms with van der Waals surface area (Å²) in [4.78, 5) is 30.8. The minimum atomic E-state index is -1.44. The van der Waals surface area contributed by atoms with Gasteiger partial charge < -0.3 is 10.2 Å². The van der Waals surface area contributed by atoms with Crippen molar-refractivity contribution in [1.82, 2.24) is 0 Å². The largest absolute Gasteiger partial charge is 0.481 e. The number of nitro groups is 1. The summed E-state index contributed by atoms with van der Waals surface area (Å²) in [5.41, 5.74) is 0. The van der Waals surface area contributed by atoms with Crippen LogP contribution >= 0.6 is 0 Å². The number of aliphatic carboxylic acids is 2. The molecule has 2 N–H and O–H groups in total. The van der Waals surface area contributed by atoms with Gasteiger partial charge in [0.2, 0.25) is 0 Å². The fourth-order valence-electron chi connectivity index (χ4n) is 4.90. The Morgan fingerprint density at radius 2 is 0.884 bits per heavy atom. The lowest BCUT2D eigenvalue weighted by molar-refractivity contribution is -0.511. The van der Waals surface area contributed by atoms with Crippen LogP contribution in [0.1, 0.15) is 187 Å². The highest BCUT2D eigenvalue weighted by Crippen LogP contribution is 2.12. The van der Waals surface area contributed by atoms with Crippen molar-refractivity contribution in [3.05, 3.63) is 34.4 Å². The Balaban J connectivity index is 0. The van der Waals surface area contributed by atoms with E-state index < -0.39 is 22.9 Å². The highest BCUT2D eigenvalue weighted by molar-refractivity contribution is 5.71. The molecule has 252 valence electrons. The van der Waals surface area contributed by atoms with Gasteiger partial charge in [-0.3, -0.25) is 14.9 Å². The molecular formula is C36H67NO6. The van der Waals surface area contributed by atoms with Crippen LogP contribution < -0.4 is 0 Å². The van der Waals surface area contributed by atoms with Crippen molar-refractivity contribution in [2.75, 3.05) is 0 Å². The zero-order valence-electron chi connectivity index (χ0n) is 28.0. The van der Waals surface area contributed by atoms with E-state index in [0.717, 1.165) is 44.9 Å². The molecule has 0 saturated carbocycles. The molecule has 7 nitrogen and oxygen atoms in total. The second kappa shape index (κ2) is 36.0. The number of rotatable bonds is 31. The van der Waals surface area contributed by atoms with Gasteiger partial charge in [0.1, 0.15) is 0 Å². The standard InChI is InChI=1S/C18H33NO4.C18H34O2/c1-2-3-4-5-6-7-8-9-10-11-12-13-14-15-16-17(18(20)21)19(22)23;1-2-3-4-5-6-7-8-9-10-11-12-13-14-15-16-17-18(19)20/h9-10,17H,2-8,11-16H2,1H3,(H,20,21);9-10H,2-8,11-17H2,1H3,(H,19,20)/b10-9-;. The third-order valence-electron chi connectivity index (χ3n) is 7.68. The monoisotopic (exact) mass is 609 g/mol. The van der Waals surface area contributed by atoms with Crippen molar-refractivity contribution in [2.45, 2.75) is 193 Å². The molecule has 0 rings (SSSR count). The van der Waals surface area contributed by atoms with E-state index in [1.54, 1.807) is 0 Å². The van der Waals surface area contributed by atoms with Crippen LogP contribution in [0.3, 0.4) is 0 Å². The van der Waals surface area contributed by atoms with Crippen molar-refractivity contribution in [1.29, 1.82) is 0 Å². The van der Waals surface area contributed by atoms with E-state index in [9.17, 15) is 19.7 Å². The molecule has 43 heavy (non-hydrogen) atoms. The zero-order valence-corrected chi connectivity index (χ0v) is 28.0. The molecule has 0 aliphatic carbocycles. The summed E-state index contributed by atoms with van der Waals surface area (Å²) in [5, 5.41) is 27.7. The van der Waals surface area contributed by atoms with Gasteiger partial charge in [0.15, 0.2) is 0 Å². The highest BCUT2D eigenvalue weighted by atomic mass is 16.6. The summed E-state index contributed by atoms with van der Waals surface area (Å²) in [6.45, 7) is 4.49. The third kappa shape index (κ3) is 37.8. The molecule has 0 aromatic heterocycles. The van der Waals surface area contributed by atoms with Crippen LogP contribution in [0.2, 0.25) is 0 Å². The fraction of sp³-hybridized carbons (Fsp3) is 0.833. The number of nitrogens with zero attached hydrogens (tertiary/aromatic N) is 1. The quantitative estimate of drug-likeness (QED) is 0.0349. The molecule has 0 aromatic carbocycles. The Bertz CT molecular complexity index is 677. The lowest BCUT2D eigenvalue weighted by Gasteiger charge is -2.04. The summed E-state index contributed by atoms with van der Waals surface area (Å²) >= 11 is 0. The number of allylic oxidation sites excluding steroid dienone is 4. The topological polar surface area (TPSA) is 118 Å². The highest BCUT2D eigenvalue weighted by Gasteiger charge is 2.27. The van der Waals surface area contributed by atoms with Gasteiger partial charge in [-0.1, -0.05) is 134 Å². The van der Waals surface area contributed by atoms with Gasteiger partial charge in [0.05, 0.1) is 0 Å². The molecular weight excluding hydrogens is 542 g/mol. The first-order valence-corrected chi connectivity index (χ1v) is 17.7. The molecule has 1 atom stereocenters. The van der Waals surface area contributed by atoms with E-state index in [2.05, 4.69) is 38.2 Å².